The van der Waals surface area contributed by atoms with Gasteiger partial charge in [-0.05, 0) is 18.6 Å². The molecule has 0 aliphatic carbocycles. The van der Waals surface area contributed by atoms with E-state index in [1.807, 2.05) is 25.1 Å². The highest BCUT2D eigenvalue weighted by molar-refractivity contribution is 5.96. The van der Waals surface area contributed by atoms with E-state index in [2.05, 4.69) is 10.1 Å². The van der Waals surface area contributed by atoms with Crippen molar-refractivity contribution in [2.45, 2.75) is 26.3 Å². The number of carbonyl (C=O) groups excluding carboxylic acids is 1. The number of amides is 1. The summed E-state index contributed by atoms with van der Waals surface area (Å²) in [7, 11) is 0. The highest BCUT2D eigenvalue weighted by Crippen LogP contribution is 2.19. The van der Waals surface area contributed by atoms with Crippen molar-refractivity contribution in [1.29, 1.82) is 0 Å². The van der Waals surface area contributed by atoms with E-state index in [0.717, 1.165) is 24.2 Å². The van der Waals surface area contributed by atoms with E-state index in [1.54, 1.807) is 10.9 Å². The van der Waals surface area contributed by atoms with Crippen molar-refractivity contribution in [3.05, 3.63) is 41.5 Å². The molecule has 2 heterocycles. The summed E-state index contributed by atoms with van der Waals surface area (Å²) >= 11 is 0. The zero-order valence-electron chi connectivity index (χ0n) is 10.8. The summed E-state index contributed by atoms with van der Waals surface area (Å²) in [6, 6.07) is 5.66. The fraction of sp³-hybridized carbons (Fsp3) is 0.308. The molecule has 100 valence electrons. The molecule has 0 spiro atoms. The number of nitrogen functional groups attached to an aromatic ring is 1. The van der Waals surface area contributed by atoms with E-state index in [9.17, 15) is 4.79 Å². The van der Waals surface area contributed by atoms with Crippen LogP contribution in [-0.2, 0) is 13.0 Å². The van der Waals surface area contributed by atoms with Gasteiger partial charge in [-0.25, -0.2) is 0 Å². The topological polar surface area (TPSA) is 99.8 Å². The summed E-state index contributed by atoms with van der Waals surface area (Å²) in [4.78, 5) is 15.5. The largest absolute Gasteiger partial charge is 0.395 e. The van der Waals surface area contributed by atoms with Crippen LogP contribution in [0.1, 0.15) is 35.2 Å². The number of pyridine rings is 1. The monoisotopic (exact) mass is 259 g/mol. The summed E-state index contributed by atoms with van der Waals surface area (Å²) in [6.07, 6.45) is 3.38. The summed E-state index contributed by atoms with van der Waals surface area (Å²) < 4.78 is 1.71. The zero-order chi connectivity index (χ0) is 13.8. The van der Waals surface area contributed by atoms with Crippen LogP contribution >= 0.6 is 0 Å². The number of carbonyl (C=O) groups is 1. The van der Waals surface area contributed by atoms with E-state index in [1.165, 1.54) is 0 Å². The molecule has 6 heteroatoms. The highest BCUT2D eigenvalue weighted by Gasteiger charge is 2.18. The van der Waals surface area contributed by atoms with Crippen molar-refractivity contribution in [2.75, 3.05) is 5.73 Å². The second-order valence-corrected chi connectivity index (χ2v) is 4.30. The third kappa shape index (κ3) is 2.73. The van der Waals surface area contributed by atoms with Crippen LogP contribution in [0.5, 0.6) is 0 Å². The molecule has 0 aliphatic rings. The van der Waals surface area contributed by atoms with Crippen LogP contribution in [0.3, 0.4) is 0 Å². The van der Waals surface area contributed by atoms with Crippen LogP contribution in [0.25, 0.3) is 0 Å². The van der Waals surface area contributed by atoms with Crippen molar-refractivity contribution in [2.24, 2.45) is 5.73 Å². The van der Waals surface area contributed by atoms with E-state index in [4.69, 9.17) is 11.5 Å². The first-order valence-corrected chi connectivity index (χ1v) is 6.18. The lowest BCUT2D eigenvalue weighted by molar-refractivity contribution is 0.0995. The minimum atomic E-state index is -0.602. The van der Waals surface area contributed by atoms with Gasteiger partial charge in [0, 0.05) is 6.20 Å². The summed E-state index contributed by atoms with van der Waals surface area (Å²) in [5.74, 6) is -0.602. The van der Waals surface area contributed by atoms with Crippen LogP contribution in [0.2, 0.25) is 0 Å². The molecule has 2 aromatic heterocycles. The SMILES string of the molecule is CCCc1c(N)c(C(N)=O)nn1Cc1ccccn1. The second kappa shape index (κ2) is 5.51. The van der Waals surface area contributed by atoms with E-state index in [-0.39, 0.29) is 5.69 Å². The lowest BCUT2D eigenvalue weighted by atomic mass is 10.2. The first kappa shape index (κ1) is 13.1. The quantitative estimate of drug-likeness (QED) is 0.835. The van der Waals surface area contributed by atoms with Crippen molar-refractivity contribution in [3.63, 3.8) is 0 Å². The zero-order valence-corrected chi connectivity index (χ0v) is 10.8. The van der Waals surface area contributed by atoms with Crippen LogP contribution in [0.15, 0.2) is 24.4 Å². The Bertz CT molecular complexity index is 576. The smallest absolute Gasteiger partial charge is 0.271 e. The Morgan fingerprint density at radius 2 is 2.21 bits per heavy atom. The molecule has 2 aromatic rings. The molecule has 0 saturated carbocycles. The van der Waals surface area contributed by atoms with Gasteiger partial charge in [0.2, 0.25) is 0 Å². The van der Waals surface area contributed by atoms with Gasteiger partial charge in [0.1, 0.15) is 0 Å². The molecular weight excluding hydrogens is 242 g/mol. The van der Waals surface area contributed by atoms with Crippen LogP contribution in [-0.4, -0.2) is 20.7 Å². The molecule has 2 rings (SSSR count). The van der Waals surface area contributed by atoms with Gasteiger partial charge in [0.05, 0.1) is 23.6 Å². The predicted molar refractivity (Wildman–Crippen MR) is 72.5 cm³/mol. The Kier molecular flexibility index (Phi) is 3.79. The third-order valence-corrected chi connectivity index (χ3v) is 2.86. The Morgan fingerprint density at radius 3 is 2.79 bits per heavy atom. The molecule has 1 amide bonds. The van der Waals surface area contributed by atoms with Crippen LogP contribution in [0, 0.1) is 0 Å². The van der Waals surface area contributed by atoms with Gasteiger partial charge in [-0.1, -0.05) is 19.4 Å². The molecule has 0 radical (unpaired) electrons. The van der Waals surface area contributed by atoms with Crippen molar-refractivity contribution >= 4 is 11.6 Å². The fourth-order valence-corrected chi connectivity index (χ4v) is 1.97. The average Bonchev–Trinajstić information content (AvgIpc) is 2.69. The Balaban J connectivity index is 2.38. The van der Waals surface area contributed by atoms with Crippen LogP contribution < -0.4 is 11.5 Å². The molecule has 0 saturated heterocycles. The maximum absolute atomic E-state index is 11.3. The number of nitrogens with two attached hydrogens (primary N) is 2. The van der Waals surface area contributed by atoms with Gasteiger partial charge >= 0.3 is 0 Å². The molecule has 4 N–H and O–H groups in total. The number of hydrogen-bond acceptors (Lipinski definition) is 4. The first-order valence-electron chi connectivity index (χ1n) is 6.18. The first-order chi connectivity index (χ1) is 9.13. The van der Waals surface area contributed by atoms with Crippen molar-refractivity contribution < 1.29 is 4.79 Å². The maximum Gasteiger partial charge on any atom is 0.271 e. The lowest BCUT2D eigenvalue weighted by Gasteiger charge is -2.06. The van der Waals surface area contributed by atoms with Gasteiger partial charge in [-0.2, -0.15) is 5.10 Å². The maximum atomic E-state index is 11.3. The molecule has 0 unspecified atom stereocenters. The normalized spacial score (nSPS) is 10.6. The number of primary amides is 1. The van der Waals surface area contributed by atoms with Crippen molar-refractivity contribution in [3.8, 4) is 0 Å². The minimum absolute atomic E-state index is 0.138. The number of nitrogens with zero attached hydrogens (tertiary/aromatic N) is 3. The minimum Gasteiger partial charge on any atom is -0.395 e. The molecule has 6 nitrogen and oxygen atoms in total. The van der Waals surface area contributed by atoms with Gasteiger partial charge in [-0.15, -0.1) is 0 Å². The fourth-order valence-electron chi connectivity index (χ4n) is 1.97. The number of hydrogen-bond donors (Lipinski definition) is 2. The third-order valence-electron chi connectivity index (χ3n) is 2.86. The average molecular weight is 259 g/mol. The van der Waals surface area contributed by atoms with Gasteiger partial charge < -0.3 is 11.5 Å². The second-order valence-electron chi connectivity index (χ2n) is 4.30. The molecule has 0 aliphatic heterocycles. The Hall–Kier alpha value is -2.37. The van der Waals surface area contributed by atoms with Gasteiger partial charge in [0.15, 0.2) is 5.69 Å². The van der Waals surface area contributed by atoms with E-state index >= 15 is 0 Å². The van der Waals surface area contributed by atoms with Gasteiger partial charge in [0.25, 0.3) is 5.91 Å². The lowest BCUT2D eigenvalue weighted by Crippen LogP contribution is -2.14. The van der Waals surface area contributed by atoms with E-state index < -0.39 is 5.91 Å². The van der Waals surface area contributed by atoms with Crippen molar-refractivity contribution in [1.82, 2.24) is 14.8 Å². The van der Waals surface area contributed by atoms with E-state index in [0.29, 0.717) is 12.2 Å². The molecule has 0 bridgehead atoms. The Morgan fingerprint density at radius 1 is 1.42 bits per heavy atom. The number of rotatable bonds is 5. The molecule has 19 heavy (non-hydrogen) atoms. The molecule has 0 fully saturated rings. The summed E-state index contributed by atoms with van der Waals surface area (Å²) in [6.45, 7) is 2.52. The Labute approximate surface area is 111 Å². The number of anilines is 1. The molecule has 0 atom stereocenters. The molecular formula is C13H17N5O. The number of aromatic nitrogens is 3. The summed E-state index contributed by atoms with van der Waals surface area (Å²) in [5.41, 5.74) is 13.4. The van der Waals surface area contributed by atoms with Gasteiger partial charge in [-0.3, -0.25) is 14.5 Å². The molecule has 0 aromatic carbocycles. The highest BCUT2D eigenvalue weighted by atomic mass is 16.1. The summed E-state index contributed by atoms with van der Waals surface area (Å²) in [5, 5.41) is 4.20. The predicted octanol–water partition coefficient (Wildman–Crippen LogP) is 0.960. The standard InChI is InChI=1S/C13H17N5O/c1-2-5-10-11(14)12(13(15)19)17-18(10)8-9-6-3-4-7-16-9/h3-4,6-7H,2,5,8,14H2,1H3,(H2,15,19). The van der Waals surface area contributed by atoms with Crippen LogP contribution in [0.4, 0.5) is 5.69 Å².